The lowest BCUT2D eigenvalue weighted by Crippen LogP contribution is -2.36. The zero-order chi connectivity index (χ0) is 19.4. The minimum absolute atomic E-state index is 0.0507. The molecule has 1 aliphatic rings. The Morgan fingerprint density at radius 3 is 2.54 bits per heavy atom. The number of nitrogens with one attached hydrogen (secondary N) is 1. The number of non-ortho nitro benzene ring substituents is 1. The first-order valence-corrected chi connectivity index (χ1v) is 9.76. The number of nitro groups is 1. The van der Waals surface area contributed by atoms with Crippen LogP contribution in [0.15, 0.2) is 29.3 Å². The van der Waals surface area contributed by atoms with Crippen LogP contribution in [0.2, 0.25) is 0 Å². The van der Waals surface area contributed by atoms with Gasteiger partial charge in [0.2, 0.25) is 0 Å². The third-order valence-corrected chi connectivity index (χ3v) is 4.72. The van der Waals surface area contributed by atoms with Crippen molar-refractivity contribution in [2.45, 2.75) is 57.6 Å². The number of amidine groups is 1. The highest BCUT2D eigenvalue weighted by Crippen LogP contribution is 2.43. The van der Waals surface area contributed by atoms with Crippen molar-refractivity contribution in [2.24, 2.45) is 4.99 Å². The van der Waals surface area contributed by atoms with Crippen molar-refractivity contribution in [3.05, 3.63) is 39.9 Å². The van der Waals surface area contributed by atoms with E-state index in [0.717, 1.165) is 31.2 Å². The molecule has 142 valence electrons. The van der Waals surface area contributed by atoms with Crippen LogP contribution in [0.3, 0.4) is 0 Å². The van der Waals surface area contributed by atoms with E-state index in [0.29, 0.717) is 5.17 Å². The number of hydrogen-bond donors (Lipinski definition) is 1. The Bertz CT molecular complexity index is 707. The summed E-state index contributed by atoms with van der Waals surface area (Å²) in [5.41, 5.74) is -0.297. The van der Waals surface area contributed by atoms with Crippen LogP contribution in [-0.2, 0) is 10.3 Å². The smallest absolute Gasteiger partial charge is 0.413 e. The number of hydrogen-bond acceptors (Lipinski definition) is 6. The highest BCUT2D eigenvalue weighted by atomic mass is 32.2. The predicted molar refractivity (Wildman–Crippen MR) is 104 cm³/mol. The molecule has 0 bridgehead atoms. The fourth-order valence-electron chi connectivity index (χ4n) is 3.04. The molecule has 0 atom stereocenters. The molecule has 8 heteroatoms. The maximum absolute atomic E-state index is 12.1. The summed E-state index contributed by atoms with van der Waals surface area (Å²) in [6.45, 7) is 5.39. The molecular weight excluding hydrogens is 354 g/mol. The van der Waals surface area contributed by atoms with Crippen molar-refractivity contribution >= 4 is 28.7 Å². The molecule has 1 aromatic rings. The van der Waals surface area contributed by atoms with Gasteiger partial charge in [0.15, 0.2) is 5.17 Å². The maximum atomic E-state index is 12.1. The second kappa shape index (κ2) is 8.07. The number of amides is 1. The van der Waals surface area contributed by atoms with Crippen molar-refractivity contribution in [1.29, 1.82) is 0 Å². The molecule has 1 aromatic carbocycles. The number of carbonyl (C=O) groups is 1. The van der Waals surface area contributed by atoms with Gasteiger partial charge in [0.25, 0.3) is 5.69 Å². The van der Waals surface area contributed by atoms with Gasteiger partial charge < -0.3 is 4.74 Å². The summed E-state index contributed by atoms with van der Waals surface area (Å²) in [7, 11) is 0. The Balaban J connectivity index is 2.32. The van der Waals surface area contributed by atoms with E-state index >= 15 is 0 Å². The van der Waals surface area contributed by atoms with Crippen molar-refractivity contribution in [1.82, 2.24) is 5.32 Å². The first-order valence-electron chi connectivity index (χ1n) is 8.54. The van der Waals surface area contributed by atoms with Gasteiger partial charge >= 0.3 is 6.09 Å². The normalized spacial score (nSPS) is 17.0. The number of thioether (sulfide) groups is 1. The lowest BCUT2D eigenvalue weighted by Gasteiger charge is -2.26. The van der Waals surface area contributed by atoms with E-state index in [4.69, 9.17) is 9.73 Å². The molecule has 0 saturated heterocycles. The minimum Gasteiger partial charge on any atom is -0.444 e. The molecule has 2 rings (SSSR count). The van der Waals surface area contributed by atoms with Crippen LogP contribution in [0.1, 0.15) is 52.0 Å². The average molecular weight is 379 g/mol. The Labute approximate surface area is 157 Å². The number of nitro benzene ring substituents is 1. The lowest BCUT2D eigenvalue weighted by molar-refractivity contribution is -0.385. The number of carbonyl (C=O) groups excluding carboxylic acids is 1. The summed E-state index contributed by atoms with van der Waals surface area (Å²) in [6.07, 6.45) is 4.81. The van der Waals surface area contributed by atoms with Gasteiger partial charge in [-0.1, -0.05) is 36.7 Å². The topological polar surface area (TPSA) is 93.8 Å². The monoisotopic (exact) mass is 379 g/mol. The Morgan fingerprint density at radius 2 is 2.00 bits per heavy atom. The first-order chi connectivity index (χ1) is 12.1. The van der Waals surface area contributed by atoms with E-state index in [9.17, 15) is 14.9 Å². The van der Waals surface area contributed by atoms with Crippen molar-refractivity contribution < 1.29 is 14.5 Å². The molecule has 0 aliphatic heterocycles. The van der Waals surface area contributed by atoms with Crippen LogP contribution < -0.4 is 5.32 Å². The van der Waals surface area contributed by atoms with E-state index in [1.54, 1.807) is 32.9 Å². The molecule has 1 fully saturated rings. The Morgan fingerprint density at radius 1 is 1.35 bits per heavy atom. The zero-order valence-electron chi connectivity index (χ0n) is 15.6. The highest BCUT2D eigenvalue weighted by Gasteiger charge is 2.37. The molecule has 26 heavy (non-hydrogen) atoms. The summed E-state index contributed by atoms with van der Waals surface area (Å²) < 4.78 is 5.29. The third kappa shape index (κ3) is 5.20. The molecule has 0 spiro atoms. The zero-order valence-corrected chi connectivity index (χ0v) is 16.4. The maximum Gasteiger partial charge on any atom is 0.413 e. The second-order valence-electron chi connectivity index (χ2n) is 7.29. The van der Waals surface area contributed by atoms with Gasteiger partial charge in [-0.2, -0.15) is 0 Å². The highest BCUT2D eigenvalue weighted by molar-refractivity contribution is 8.13. The van der Waals surface area contributed by atoms with E-state index in [1.165, 1.54) is 17.8 Å². The first kappa shape index (κ1) is 20.2. The number of benzene rings is 1. The average Bonchev–Trinajstić information content (AvgIpc) is 3.02. The molecular formula is C18H25N3O4S. The van der Waals surface area contributed by atoms with Gasteiger partial charge in [0.1, 0.15) is 5.60 Å². The summed E-state index contributed by atoms with van der Waals surface area (Å²) in [5, 5.41) is 14.3. The largest absolute Gasteiger partial charge is 0.444 e. The molecule has 0 aromatic heterocycles. The molecule has 0 heterocycles. The standard InChI is InChI=1S/C18H25N3O4S/c1-17(2,3)25-16(22)19-15(26-4)20-18(10-5-6-11-18)13-8-7-9-14(12-13)21(23)24/h7-9,12H,5-6,10-11H2,1-4H3,(H,19,20,22). The Kier molecular flexibility index (Phi) is 6.28. The fraction of sp³-hybridized carbons (Fsp3) is 0.556. The van der Waals surface area contributed by atoms with Gasteiger partial charge in [-0.15, -0.1) is 0 Å². The molecule has 1 amide bonds. The van der Waals surface area contributed by atoms with Crippen LogP contribution in [-0.4, -0.2) is 28.0 Å². The lowest BCUT2D eigenvalue weighted by atomic mass is 9.88. The van der Waals surface area contributed by atoms with Crippen LogP contribution in [0.25, 0.3) is 0 Å². The van der Waals surface area contributed by atoms with E-state index in [-0.39, 0.29) is 5.69 Å². The summed E-state index contributed by atoms with van der Waals surface area (Å²) >= 11 is 1.32. The summed E-state index contributed by atoms with van der Waals surface area (Å²) in [5.74, 6) is 0. The number of rotatable bonds is 3. The molecule has 1 aliphatic carbocycles. The van der Waals surface area contributed by atoms with Gasteiger partial charge in [0, 0.05) is 12.1 Å². The van der Waals surface area contributed by atoms with Crippen LogP contribution in [0, 0.1) is 10.1 Å². The molecule has 1 N–H and O–H groups in total. The van der Waals surface area contributed by atoms with Crippen LogP contribution in [0.4, 0.5) is 10.5 Å². The number of aliphatic imine (C=N–C) groups is 1. The van der Waals surface area contributed by atoms with Crippen LogP contribution >= 0.6 is 11.8 Å². The number of alkyl carbamates (subject to hydrolysis) is 1. The van der Waals surface area contributed by atoms with Crippen LogP contribution in [0.5, 0.6) is 0 Å². The summed E-state index contributed by atoms with van der Waals surface area (Å²) in [6, 6.07) is 6.61. The van der Waals surface area contributed by atoms with Crippen molar-refractivity contribution in [2.75, 3.05) is 6.26 Å². The van der Waals surface area contributed by atoms with E-state index in [2.05, 4.69) is 5.32 Å². The van der Waals surface area contributed by atoms with Gasteiger partial charge in [-0.3, -0.25) is 20.4 Å². The minimum atomic E-state index is -0.599. The van der Waals surface area contributed by atoms with Crippen molar-refractivity contribution in [3.63, 3.8) is 0 Å². The van der Waals surface area contributed by atoms with Gasteiger partial charge in [0.05, 0.1) is 10.5 Å². The number of nitrogens with zero attached hydrogens (tertiary/aromatic N) is 2. The predicted octanol–water partition coefficient (Wildman–Crippen LogP) is 4.61. The van der Waals surface area contributed by atoms with Gasteiger partial charge in [-0.05, 0) is 45.4 Å². The van der Waals surface area contributed by atoms with E-state index < -0.39 is 22.2 Å². The fourth-order valence-corrected chi connectivity index (χ4v) is 3.50. The SMILES string of the molecule is CS/C(=N\C1(c2cccc([N+](=O)[O-])c2)CCCC1)NC(=O)OC(C)(C)C. The molecule has 7 nitrogen and oxygen atoms in total. The molecule has 0 radical (unpaired) electrons. The van der Waals surface area contributed by atoms with Crippen molar-refractivity contribution in [3.8, 4) is 0 Å². The quantitative estimate of drug-likeness (QED) is 0.358. The molecule has 1 saturated carbocycles. The van der Waals surface area contributed by atoms with E-state index in [1.807, 2.05) is 12.3 Å². The Hall–Kier alpha value is -2.09. The second-order valence-corrected chi connectivity index (χ2v) is 8.09. The third-order valence-electron chi connectivity index (χ3n) is 4.14. The summed E-state index contributed by atoms with van der Waals surface area (Å²) in [4.78, 5) is 27.6. The number of ether oxygens (including phenoxy) is 1. The molecule has 0 unspecified atom stereocenters. The van der Waals surface area contributed by atoms with Gasteiger partial charge in [-0.25, -0.2) is 4.79 Å².